The van der Waals surface area contributed by atoms with Crippen LogP contribution in [-0.4, -0.2) is 21.4 Å². The number of allylic oxidation sites excluding steroid dienone is 5. The molecule has 1 N–H and O–H groups in total. The predicted octanol–water partition coefficient (Wildman–Crippen LogP) is 3.28. The number of ether oxygens (including phenoxy) is 1. The molecule has 6 nitrogen and oxygen atoms in total. The van der Waals surface area contributed by atoms with E-state index in [1.165, 1.54) is 6.08 Å². The molecule has 2 unspecified atom stereocenters. The van der Waals surface area contributed by atoms with Crippen molar-refractivity contribution < 1.29 is 19.0 Å². The third kappa shape index (κ3) is 2.27. The predicted molar refractivity (Wildman–Crippen MR) is 112 cm³/mol. The second kappa shape index (κ2) is 6.13. The number of pyridine rings is 1. The van der Waals surface area contributed by atoms with E-state index >= 15 is 0 Å². The molecule has 6 rings (SSSR count). The Kier molecular flexibility index (Phi) is 3.74. The van der Waals surface area contributed by atoms with Crippen LogP contribution in [0, 0.1) is 11.8 Å². The van der Waals surface area contributed by atoms with Crippen LogP contribution < -0.4 is 5.56 Å². The number of nitrogens with zero attached hydrogens (tertiary/aromatic N) is 2. The number of aliphatic hydroxyl groups is 1. The van der Waals surface area contributed by atoms with Gasteiger partial charge in [0, 0.05) is 11.5 Å². The van der Waals surface area contributed by atoms with Gasteiger partial charge in [-0.25, -0.2) is 9.18 Å². The number of rotatable bonds is 1. The van der Waals surface area contributed by atoms with Gasteiger partial charge >= 0.3 is 5.97 Å². The van der Waals surface area contributed by atoms with Crippen LogP contribution in [0.5, 0.6) is 0 Å². The van der Waals surface area contributed by atoms with Gasteiger partial charge in [-0.2, -0.15) is 0 Å². The fraction of sp³-hybridized carbons (Fsp3) is 0.458. The Balaban J connectivity index is 1.57. The number of aromatic nitrogens is 1. The molecule has 160 valence electrons. The number of carbonyl (C=O) groups excluding carboxylic acids is 1. The summed E-state index contributed by atoms with van der Waals surface area (Å²) < 4.78 is 21.4. The molecule has 2 aliphatic carbocycles. The molecule has 5 aliphatic rings. The lowest BCUT2D eigenvalue weighted by Crippen LogP contribution is -2.44. The number of halogens is 1. The van der Waals surface area contributed by atoms with Crippen molar-refractivity contribution in [3.63, 3.8) is 0 Å². The van der Waals surface area contributed by atoms with Crippen molar-refractivity contribution in [3.05, 3.63) is 61.9 Å². The van der Waals surface area contributed by atoms with Crippen LogP contribution in [0.1, 0.15) is 56.4 Å². The van der Waals surface area contributed by atoms with E-state index in [9.17, 15) is 19.1 Å². The number of hydrogen-bond donors (Lipinski definition) is 1. The fourth-order valence-corrected chi connectivity index (χ4v) is 6.05. The van der Waals surface area contributed by atoms with Crippen molar-refractivity contribution in [2.45, 2.75) is 58.3 Å². The average Bonchev–Trinajstić information content (AvgIpc) is 3.14. The lowest BCUT2D eigenvalue weighted by molar-refractivity contribution is -0.172. The maximum atomic E-state index is 14.6. The topological polar surface area (TPSA) is 80.9 Å². The molecule has 1 aromatic rings. The quantitative estimate of drug-likeness (QED) is 0.705. The van der Waals surface area contributed by atoms with E-state index in [1.54, 1.807) is 17.6 Å². The van der Waals surface area contributed by atoms with Crippen LogP contribution in [-0.2, 0) is 28.3 Å². The van der Waals surface area contributed by atoms with E-state index < -0.39 is 11.6 Å². The van der Waals surface area contributed by atoms with Gasteiger partial charge in [0.05, 0.1) is 29.2 Å². The Morgan fingerprint density at radius 1 is 1.35 bits per heavy atom. The van der Waals surface area contributed by atoms with Gasteiger partial charge in [-0.1, -0.05) is 12.5 Å². The number of cyclic esters (lactones) is 1. The van der Waals surface area contributed by atoms with Crippen molar-refractivity contribution in [3.8, 4) is 0 Å². The molecule has 1 fully saturated rings. The molecule has 0 amide bonds. The molecule has 0 aromatic carbocycles. The van der Waals surface area contributed by atoms with Crippen molar-refractivity contribution in [2.24, 2.45) is 16.8 Å². The van der Waals surface area contributed by atoms with Crippen LogP contribution in [0.2, 0.25) is 0 Å². The molecule has 7 heteroatoms. The van der Waals surface area contributed by atoms with Gasteiger partial charge in [0.1, 0.15) is 12.4 Å². The van der Waals surface area contributed by atoms with Gasteiger partial charge < -0.3 is 14.4 Å². The molecule has 4 heterocycles. The summed E-state index contributed by atoms with van der Waals surface area (Å²) in [6, 6.07) is 1.72. The van der Waals surface area contributed by atoms with Gasteiger partial charge in [-0.05, 0) is 61.8 Å². The zero-order valence-electron chi connectivity index (χ0n) is 17.5. The van der Waals surface area contributed by atoms with Crippen LogP contribution in [0.25, 0.3) is 5.70 Å². The van der Waals surface area contributed by atoms with Crippen molar-refractivity contribution >= 4 is 17.4 Å². The molecule has 31 heavy (non-hydrogen) atoms. The first-order valence-electron chi connectivity index (χ1n) is 10.9. The summed E-state index contributed by atoms with van der Waals surface area (Å²) in [4.78, 5) is 30.5. The summed E-state index contributed by atoms with van der Waals surface area (Å²) in [7, 11) is 0. The molecule has 0 spiro atoms. The second-order valence-electron chi connectivity index (χ2n) is 9.13. The Bertz CT molecular complexity index is 1260. The minimum Gasteiger partial charge on any atom is -0.458 e. The standard InChI is InChI=1S/C24H23FN2O4/c1-3-24(30)16-7-19-21-14(9-27(19)22(28)15(16)10-31-23(24)29)13-6-4-5-12-11(2)17(25)8-18(26-21)20(12)13/h7-8,13,20,30H,3-6,9-10H2,1-2H3/t13?,20?,24-/m0/s1. The van der Waals surface area contributed by atoms with Gasteiger partial charge in [0.25, 0.3) is 5.56 Å². The molecule has 1 aromatic heterocycles. The first kappa shape index (κ1) is 18.9. The van der Waals surface area contributed by atoms with Crippen molar-refractivity contribution in [1.82, 2.24) is 4.57 Å². The SMILES string of the molecule is CC[C@@]1(O)C(=O)OCc2c1cc1n(c2=O)CC2=C1N=C1C=C(F)C(C)=C3CCCC2C13. The van der Waals surface area contributed by atoms with E-state index in [1.807, 2.05) is 6.92 Å². The molecular formula is C24H23FN2O4. The van der Waals surface area contributed by atoms with E-state index in [-0.39, 0.29) is 36.2 Å². The molecule has 0 bridgehead atoms. The zero-order valence-corrected chi connectivity index (χ0v) is 17.5. The molecule has 0 saturated heterocycles. The summed E-state index contributed by atoms with van der Waals surface area (Å²) in [5.41, 5.74) is 3.49. The number of carbonyl (C=O) groups is 1. The highest BCUT2D eigenvalue weighted by atomic mass is 19.1. The number of esters is 1. The van der Waals surface area contributed by atoms with E-state index in [0.717, 1.165) is 36.0 Å². The highest BCUT2D eigenvalue weighted by Gasteiger charge is 2.48. The monoisotopic (exact) mass is 422 g/mol. The van der Waals surface area contributed by atoms with Gasteiger partial charge in [-0.3, -0.25) is 9.79 Å². The normalized spacial score (nSPS) is 30.8. The highest BCUT2D eigenvalue weighted by Crippen LogP contribution is 2.51. The third-order valence-corrected chi connectivity index (χ3v) is 7.78. The molecule has 3 atom stereocenters. The Morgan fingerprint density at radius 2 is 2.16 bits per heavy atom. The molecule has 0 radical (unpaired) electrons. The summed E-state index contributed by atoms with van der Waals surface area (Å²) in [5.74, 6) is -0.712. The van der Waals surface area contributed by atoms with Gasteiger partial charge in [0.15, 0.2) is 5.60 Å². The van der Waals surface area contributed by atoms with Crippen LogP contribution in [0.3, 0.4) is 0 Å². The van der Waals surface area contributed by atoms with Gasteiger partial charge in [0.2, 0.25) is 0 Å². The van der Waals surface area contributed by atoms with Crippen molar-refractivity contribution in [1.29, 1.82) is 0 Å². The lowest BCUT2D eigenvalue weighted by atomic mass is 9.65. The first-order chi connectivity index (χ1) is 14.8. The summed E-state index contributed by atoms with van der Waals surface area (Å²) in [6.45, 7) is 3.83. The van der Waals surface area contributed by atoms with E-state index in [2.05, 4.69) is 0 Å². The Labute approximate surface area is 178 Å². The Hall–Kier alpha value is -2.80. The third-order valence-electron chi connectivity index (χ3n) is 7.78. The number of hydrogen-bond acceptors (Lipinski definition) is 5. The highest BCUT2D eigenvalue weighted by molar-refractivity contribution is 6.06. The van der Waals surface area contributed by atoms with E-state index in [0.29, 0.717) is 34.8 Å². The average molecular weight is 422 g/mol. The maximum absolute atomic E-state index is 14.6. The van der Waals surface area contributed by atoms with Crippen LogP contribution >= 0.6 is 0 Å². The molecular weight excluding hydrogens is 399 g/mol. The summed E-state index contributed by atoms with van der Waals surface area (Å²) in [6.07, 6.45) is 4.46. The first-order valence-corrected chi connectivity index (χ1v) is 10.9. The van der Waals surface area contributed by atoms with Crippen LogP contribution in [0.4, 0.5) is 4.39 Å². The maximum Gasteiger partial charge on any atom is 0.343 e. The number of aliphatic imine (C=N–C) groups is 1. The second-order valence-corrected chi connectivity index (χ2v) is 9.13. The minimum absolute atomic E-state index is 0.0733. The largest absolute Gasteiger partial charge is 0.458 e. The Morgan fingerprint density at radius 3 is 2.94 bits per heavy atom. The number of fused-ring (bicyclic) bond motifs is 4. The molecule has 3 aliphatic heterocycles. The fourth-order valence-electron chi connectivity index (χ4n) is 6.05. The van der Waals surface area contributed by atoms with E-state index in [4.69, 9.17) is 9.73 Å². The summed E-state index contributed by atoms with van der Waals surface area (Å²) >= 11 is 0. The minimum atomic E-state index is -1.84. The summed E-state index contributed by atoms with van der Waals surface area (Å²) in [5, 5.41) is 11.0. The van der Waals surface area contributed by atoms with Crippen molar-refractivity contribution in [2.75, 3.05) is 0 Å². The van der Waals surface area contributed by atoms with Gasteiger partial charge in [-0.15, -0.1) is 0 Å². The zero-order chi connectivity index (χ0) is 21.7. The van der Waals surface area contributed by atoms with Crippen LogP contribution in [0.15, 0.2) is 44.5 Å². The smallest absolute Gasteiger partial charge is 0.343 e. The lowest BCUT2D eigenvalue weighted by Gasteiger charge is -2.40. The molecule has 1 saturated carbocycles.